The number of aryl methyl sites for hydroxylation is 1. The molecule has 6 heterocycles. The standard InChI is InChI=1S/C10H11NO.C9H6F2N2O.C9H8N2O.C6H8N2.C5H8O3.3C4H8O.Na.H2O/c1-7-6-8-4-2-3-5-9(8)11-10(7)12;10-8(11)7-9(14)13-6-4-2-1-3-5(6)12-7;1-6-9(12)11-8-5-3-2-4-7(8)10-6;7-5-3-1-2-4-6(5)8;1-3-8-5(7)4(2)6;3*1-2-4-5-3-1;;/h2-5,7H,6H2,1H3,(H,11,12);1-4,8H,(H,13,14);2-5H,1H3,(H,11,12);1-4H,7-8H2;3H2,1-2H3;3*1-4H2;;1H2/q;;;;;;;;+1;/p-1. The minimum Gasteiger partial charge on any atom is -0.870 e. The largest absolute Gasteiger partial charge is 1.00 e. The number of H-pyrrole nitrogens is 2. The summed E-state index contributed by atoms with van der Waals surface area (Å²) in [5.41, 5.74) is 15.6. The number of esters is 1. The van der Waals surface area contributed by atoms with Gasteiger partial charge in [0.05, 0.1) is 40.0 Å². The molecule has 8 N–H and O–H groups in total. The van der Waals surface area contributed by atoms with E-state index in [1.807, 2.05) is 61.5 Å². The van der Waals surface area contributed by atoms with Gasteiger partial charge in [0.25, 0.3) is 17.5 Å². The van der Waals surface area contributed by atoms with Gasteiger partial charge in [-0.25, -0.2) is 23.5 Å². The molecule has 1 amide bonds. The topological polar surface area (TPSA) is 274 Å². The number of para-hydroxylation sites is 7. The SMILES string of the molecule is C1CCOC1.C1CCOC1.C1CCOC1.CC1Cc2ccccc2NC1=O.CCOC(=O)C(C)=O.Cc1nc2ccccc2[nH]c1=O.Nc1ccccc1N.O=c1[nH]c2ccccc2nc1C(F)F.[Na+].[OH-]. The number of Topliss-reactive ketones (excluding diaryl/α,β-unsaturated/α-hetero) is 1. The van der Waals surface area contributed by atoms with Gasteiger partial charge in [-0.15, -0.1) is 0 Å². The van der Waals surface area contributed by atoms with E-state index in [1.54, 1.807) is 50.2 Å². The first kappa shape index (κ1) is 63.1. The number of ether oxygens (including phenoxy) is 4. The number of anilines is 3. The number of ketones is 1. The summed E-state index contributed by atoms with van der Waals surface area (Å²) in [7, 11) is 0. The van der Waals surface area contributed by atoms with Crippen LogP contribution in [0.1, 0.15) is 82.7 Å². The molecule has 0 saturated carbocycles. The van der Waals surface area contributed by atoms with Crippen molar-refractivity contribution in [3.63, 3.8) is 0 Å². The number of carbonyl (C=O) groups excluding carboxylic acids is 3. The van der Waals surface area contributed by atoms with E-state index < -0.39 is 29.4 Å². The second-order valence-electron chi connectivity index (χ2n) is 15.6. The maximum Gasteiger partial charge on any atom is 1.00 e. The number of nitrogens with zero attached hydrogens (tertiary/aromatic N) is 2. The summed E-state index contributed by atoms with van der Waals surface area (Å²) in [6.45, 7) is 12.7. The molecule has 4 aliphatic rings. The fraction of sp³-hybridized carbons (Fsp3) is 0.392. The summed E-state index contributed by atoms with van der Waals surface area (Å²) in [5.74, 6) is -1.06. The molecule has 0 radical (unpaired) electrons. The normalized spacial score (nSPS) is 14.6. The van der Waals surface area contributed by atoms with Crippen LogP contribution in [0.15, 0.2) is 107 Å². The van der Waals surface area contributed by atoms with Crippen LogP contribution >= 0.6 is 0 Å². The number of rotatable bonds is 3. The fourth-order valence-electron chi connectivity index (χ4n) is 6.09. The Hall–Kier alpha value is -5.93. The van der Waals surface area contributed by atoms with Gasteiger partial charge in [-0.2, -0.15) is 0 Å². The van der Waals surface area contributed by atoms with Gasteiger partial charge < -0.3 is 51.2 Å². The Labute approximate surface area is 434 Å². The Kier molecular flexibility index (Phi) is 32.0. The summed E-state index contributed by atoms with van der Waals surface area (Å²) in [6, 6.07) is 29.2. The van der Waals surface area contributed by atoms with Crippen molar-refractivity contribution in [3.8, 4) is 0 Å². The van der Waals surface area contributed by atoms with Crippen molar-refractivity contribution < 1.29 is 77.1 Å². The molecule has 0 aliphatic carbocycles. The van der Waals surface area contributed by atoms with E-state index in [9.17, 15) is 32.8 Å². The Morgan fingerprint density at radius 2 is 1.11 bits per heavy atom. The smallest absolute Gasteiger partial charge is 0.870 e. The monoisotopic (exact) mass is 997 g/mol. The third kappa shape index (κ3) is 24.6. The molecule has 71 heavy (non-hydrogen) atoms. The number of fused-ring (bicyclic) bond motifs is 3. The number of hydrogen-bond acceptors (Lipinski definition) is 14. The van der Waals surface area contributed by atoms with Crippen LogP contribution in [-0.2, 0) is 39.8 Å². The van der Waals surface area contributed by atoms with Crippen LogP contribution in [0.2, 0.25) is 0 Å². The number of aromatic nitrogens is 4. The van der Waals surface area contributed by atoms with Crippen molar-refractivity contribution in [2.45, 2.75) is 79.1 Å². The van der Waals surface area contributed by atoms with Crippen LogP contribution < -0.4 is 57.5 Å². The van der Waals surface area contributed by atoms with Gasteiger partial charge in [-0.1, -0.05) is 61.5 Å². The molecule has 6 aromatic rings. The Morgan fingerprint density at radius 3 is 1.52 bits per heavy atom. The minimum absolute atomic E-state index is 0. The van der Waals surface area contributed by atoms with Crippen molar-refractivity contribution >= 4 is 56.8 Å². The molecule has 10 rings (SSSR count). The molecule has 0 bridgehead atoms. The van der Waals surface area contributed by atoms with Gasteiger partial charge in [0.2, 0.25) is 11.7 Å². The van der Waals surface area contributed by atoms with E-state index in [0.29, 0.717) is 28.1 Å². The third-order valence-electron chi connectivity index (χ3n) is 9.89. The fourth-order valence-corrected chi connectivity index (χ4v) is 6.09. The van der Waals surface area contributed by atoms with E-state index >= 15 is 0 Å². The van der Waals surface area contributed by atoms with Crippen molar-refractivity contribution in [1.82, 2.24) is 19.9 Å². The van der Waals surface area contributed by atoms with Crippen LogP contribution in [0, 0.1) is 12.8 Å². The van der Waals surface area contributed by atoms with Crippen LogP contribution in [0.4, 0.5) is 25.8 Å². The average molecular weight is 998 g/mol. The maximum absolute atomic E-state index is 12.3. The van der Waals surface area contributed by atoms with Crippen LogP contribution in [0.5, 0.6) is 0 Å². The zero-order valence-corrected chi connectivity index (χ0v) is 43.2. The van der Waals surface area contributed by atoms with Crippen molar-refractivity contribution in [2.75, 3.05) is 63.0 Å². The van der Waals surface area contributed by atoms with E-state index in [-0.39, 0.29) is 59.0 Å². The average Bonchev–Trinajstić information content (AvgIpc) is 4.21. The second-order valence-corrected chi connectivity index (χ2v) is 15.6. The maximum atomic E-state index is 12.3. The molecule has 4 aliphatic heterocycles. The quantitative estimate of drug-likeness (QED) is 0.0667. The number of nitrogens with one attached hydrogen (secondary N) is 3. The van der Waals surface area contributed by atoms with Gasteiger partial charge in [0, 0.05) is 58.2 Å². The molecule has 2 aromatic heterocycles. The first-order valence-corrected chi connectivity index (χ1v) is 22.8. The number of carbonyl (C=O) groups is 3. The van der Waals surface area contributed by atoms with Crippen LogP contribution in [-0.4, -0.2) is 89.3 Å². The van der Waals surface area contributed by atoms with E-state index in [2.05, 4.69) is 36.1 Å². The predicted octanol–water partition coefficient (Wildman–Crippen LogP) is 5.12. The summed E-state index contributed by atoms with van der Waals surface area (Å²) in [6.07, 6.45) is 5.69. The molecule has 380 valence electrons. The third-order valence-corrected chi connectivity index (χ3v) is 9.89. The van der Waals surface area contributed by atoms with Crippen LogP contribution in [0.25, 0.3) is 22.1 Å². The molecule has 20 heteroatoms. The van der Waals surface area contributed by atoms with E-state index in [4.69, 9.17) is 25.7 Å². The van der Waals surface area contributed by atoms with Gasteiger partial charge in [0.15, 0.2) is 5.69 Å². The number of halogens is 2. The molecule has 17 nitrogen and oxygen atoms in total. The second kappa shape index (κ2) is 36.1. The Bertz CT molecular complexity index is 2540. The van der Waals surface area contributed by atoms with Crippen LogP contribution in [0.3, 0.4) is 0 Å². The van der Waals surface area contributed by atoms with Crippen molar-refractivity contribution in [2.24, 2.45) is 5.92 Å². The molecule has 1 atom stereocenters. The summed E-state index contributed by atoms with van der Waals surface area (Å²) in [5, 5.41) is 2.87. The summed E-state index contributed by atoms with van der Waals surface area (Å²) < 4.78 is 43.7. The molecular formula is C51H66F2N7NaO10. The van der Waals surface area contributed by atoms with Gasteiger partial charge >= 0.3 is 35.5 Å². The number of benzene rings is 4. The number of nitrogens with two attached hydrogens (primary N) is 2. The van der Waals surface area contributed by atoms with Crippen molar-refractivity contribution in [3.05, 3.63) is 135 Å². The molecule has 3 fully saturated rings. The zero-order chi connectivity index (χ0) is 50.4. The summed E-state index contributed by atoms with van der Waals surface area (Å²) >= 11 is 0. The predicted molar refractivity (Wildman–Crippen MR) is 267 cm³/mol. The van der Waals surface area contributed by atoms with Gasteiger partial charge in [0.1, 0.15) is 5.69 Å². The summed E-state index contributed by atoms with van der Waals surface area (Å²) in [4.78, 5) is 66.5. The Balaban J connectivity index is 0.000000415. The van der Waals surface area contributed by atoms with E-state index in [1.165, 1.54) is 51.0 Å². The number of hydrogen-bond donors (Lipinski definition) is 5. The number of aromatic amines is 2. The van der Waals surface area contributed by atoms with Gasteiger partial charge in [-0.05, 0) is 107 Å². The molecule has 0 spiro atoms. The minimum atomic E-state index is -2.84. The van der Waals surface area contributed by atoms with Crippen molar-refractivity contribution in [1.29, 1.82) is 0 Å². The molecular weight excluding hydrogens is 932 g/mol. The van der Waals surface area contributed by atoms with Gasteiger partial charge in [-0.3, -0.25) is 19.2 Å². The number of nitrogen functional groups attached to an aromatic ring is 2. The molecule has 4 aromatic carbocycles. The molecule has 3 saturated heterocycles. The Morgan fingerprint density at radius 1 is 0.690 bits per heavy atom. The number of alkyl halides is 2. The number of amides is 1. The first-order chi connectivity index (χ1) is 33.2. The zero-order valence-electron chi connectivity index (χ0n) is 41.2. The first-order valence-electron chi connectivity index (χ1n) is 22.8. The molecule has 1 unspecified atom stereocenters. The van der Waals surface area contributed by atoms with E-state index in [0.717, 1.165) is 62.8 Å².